The minimum Gasteiger partial charge on any atom is -0.508 e. The van der Waals surface area contributed by atoms with E-state index in [2.05, 4.69) is 13.8 Å². The van der Waals surface area contributed by atoms with Crippen LogP contribution in [0.4, 0.5) is 0 Å². The third-order valence-electron chi connectivity index (χ3n) is 2.86. The van der Waals surface area contributed by atoms with E-state index in [0.717, 1.165) is 17.5 Å². The summed E-state index contributed by atoms with van der Waals surface area (Å²) in [5, 5.41) is 9.38. The highest BCUT2D eigenvalue weighted by molar-refractivity contribution is 5.36. The summed E-state index contributed by atoms with van der Waals surface area (Å²) in [5.74, 6) is 0.809. The van der Waals surface area contributed by atoms with Gasteiger partial charge in [0.05, 0.1) is 0 Å². The van der Waals surface area contributed by atoms with Crippen molar-refractivity contribution in [1.82, 2.24) is 0 Å². The smallest absolute Gasteiger partial charge is 0.118 e. The van der Waals surface area contributed by atoms with Gasteiger partial charge in [-0.1, -0.05) is 32.4 Å². The Bertz CT molecular complexity index is 309. The molecule has 0 saturated heterocycles. The number of aromatic hydroxyl groups is 1. The van der Waals surface area contributed by atoms with Gasteiger partial charge in [0.15, 0.2) is 0 Å². The molecular formula is C12H19NO. The Morgan fingerprint density at radius 3 is 2.57 bits per heavy atom. The summed E-state index contributed by atoms with van der Waals surface area (Å²) >= 11 is 0. The number of phenols is 1. The first-order chi connectivity index (χ1) is 6.56. The monoisotopic (exact) mass is 193 g/mol. The van der Waals surface area contributed by atoms with Gasteiger partial charge in [-0.25, -0.2) is 0 Å². The van der Waals surface area contributed by atoms with Crippen molar-refractivity contribution >= 4 is 0 Å². The first kappa shape index (κ1) is 11.1. The normalized spacial score (nSPS) is 15.1. The molecule has 2 heteroatoms. The Morgan fingerprint density at radius 1 is 1.43 bits per heavy atom. The third kappa shape index (κ3) is 2.26. The highest BCUT2D eigenvalue weighted by atomic mass is 16.3. The Balaban J connectivity index is 2.91. The molecule has 0 aliphatic carbocycles. The van der Waals surface area contributed by atoms with E-state index in [0.29, 0.717) is 11.7 Å². The quantitative estimate of drug-likeness (QED) is 0.775. The Labute approximate surface area is 85.8 Å². The fourth-order valence-corrected chi connectivity index (χ4v) is 1.47. The number of rotatable bonds is 3. The summed E-state index contributed by atoms with van der Waals surface area (Å²) in [7, 11) is 0. The average molecular weight is 193 g/mol. The largest absolute Gasteiger partial charge is 0.508 e. The summed E-state index contributed by atoms with van der Waals surface area (Å²) < 4.78 is 0. The molecule has 14 heavy (non-hydrogen) atoms. The van der Waals surface area contributed by atoms with Crippen molar-refractivity contribution in [2.45, 2.75) is 33.2 Å². The second-order valence-corrected chi connectivity index (χ2v) is 3.96. The lowest BCUT2D eigenvalue weighted by atomic mass is 9.92. The number of nitrogens with two attached hydrogens (primary N) is 1. The van der Waals surface area contributed by atoms with Crippen LogP contribution < -0.4 is 5.73 Å². The Kier molecular flexibility index (Phi) is 3.53. The zero-order valence-electron chi connectivity index (χ0n) is 9.12. The van der Waals surface area contributed by atoms with E-state index in [4.69, 9.17) is 5.73 Å². The van der Waals surface area contributed by atoms with Gasteiger partial charge in [0.25, 0.3) is 0 Å². The van der Waals surface area contributed by atoms with E-state index in [1.807, 2.05) is 19.1 Å². The van der Waals surface area contributed by atoms with Gasteiger partial charge in [-0.2, -0.15) is 0 Å². The zero-order chi connectivity index (χ0) is 10.7. The Morgan fingerprint density at radius 2 is 2.07 bits per heavy atom. The van der Waals surface area contributed by atoms with Gasteiger partial charge in [0.2, 0.25) is 0 Å². The van der Waals surface area contributed by atoms with E-state index < -0.39 is 0 Å². The van der Waals surface area contributed by atoms with Crippen molar-refractivity contribution in [2.75, 3.05) is 0 Å². The predicted octanol–water partition coefficient (Wildman–Crippen LogP) is 2.75. The van der Waals surface area contributed by atoms with Crippen LogP contribution in [-0.2, 0) is 0 Å². The number of benzene rings is 1. The summed E-state index contributed by atoms with van der Waals surface area (Å²) in [6.07, 6.45) is 1.07. The van der Waals surface area contributed by atoms with Crippen LogP contribution in [0, 0.1) is 12.8 Å². The second-order valence-electron chi connectivity index (χ2n) is 3.96. The molecule has 1 aromatic rings. The molecule has 2 atom stereocenters. The molecule has 0 radical (unpaired) electrons. The molecule has 0 spiro atoms. The molecule has 0 fully saturated rings. The molecule has 0 amide bonds. The van der Waals surface area contributed by atoms with Crippen LogP contribution in [0.25, 0.3) is 0 Å². The summed E-state index contributed by atoms with van der Waals surface area (Å²) in [6.45, 7) is 6.17. The molecule has 0 aliphatic heterocycles. The molecule has 3 N–H and O–H groups in total. The first-order valence-corrected chi connectivity index (χ1v) is 5.11. The van der Waals surface area contributed by atoms with Crippen LogP contribution in [0.2, 0.25) is 0 Å². The van der Waals surface area contributed by atoms with Crippen molar-refractivity contribution in [3.63, 3.8) is 0 Å². The lowest BCUT2D eigenvalue weighted by Crippen LogP contribution is -2.18. The van der Waals surface area contributed by atoms with Crippen LogP contribution in [0.3, 0.4) is 0 Å². The zero-order valence-corrected chi connectivity index (χ0v) is 9.12. The van der Waals surface area contributed by atoms with Gasteiger partial charge in [-0.15, -0.1) is 0 Å². The maximum absolute atomic E-state index is 9.38. The van der Waals surface area contributed by atoms with Gasteiger partial charge in [0.1, 0.15) is 5.75 Å². The minimum absolute atomic E-state index is 0.0688. The van der Waals surface area contributed by atoms with Gasteiger partial charge in [-0.05, 0) is 30.0 Å². The van der Waals surface area contributed by atoms with Crippen LogP contribution in [-0.4, -0.2) is 5.11 Å². The minimum atomic E-state index is 0.0688. The Hall–Kier alpha value is -1.02. The van der Waals surface area contributed by atoms with E-state index >= 15 is 0 Å². The maximum Gasteiger partial charge on any atom is 0.118 e. The summed E-state index contributed by atoms with van der Waals surface area (Å²) in [4.78, 5) is 0. The van der Waals surface area contributed by atoms with Crippen molar-refractivity contribution in [1.29, 1.82) is 0 Å². The van der Waals surface area contributed by atoms with Crippen molar-refractivity contribution in [3.8, 4) is 5.75 Å². The molecule has 0 saturated carbocycles. The molecule has 78 valence electrons. The first-order valence-electron chi connectivity index (χ1n) is 5.11. The van der Waals surface area contributed by atoms with Crippen LogP contribution in [0.1, 0.15) is 37.4 Å². The molecular weight excluding hydrogens is 174 g/mol. The highest BCUT2D eigenvalue weighted by Gasteiger charge is 2.13. The van der Waals surface area contributed by atoms with Gasteiger partial charge in [-0.3, -0.25) is 0 Å². The van der Waals surface area contributed by atoms with E-state index in [1.165, 1.54) is 0 Å². The van der Waals surface area contributed by atoms with Gasteiger partial charge >= 0.3 is 0 Å². The number of hydrogen-bond acceptors (Lipinski definition) is 2. The fourth-order valence-electron chi connectivity index (χ4n) is 1.47. The third-order valence-corrected chi connectivity index (χ3v) is 2.86. The van der Waals surface area contributed by atoms with Gasteiger partial charge < -0.3 is 10.8 Å². The highest BCUT2D eigenvalue weighted by Crippen LogP contribution is 2.25. The second kappa shape index (κ2) is 4.47. The fraction of sp³-hybridized carbons (Fsp3) is 0.500. The summed E-state index contributed by atoms with van der Waals surface area (Å²) in [6, 6.07) is 5.65. The molecule has 1 aromatic carbocycles. The average Bonchev–Trinajstić information content (AvgIpc) is 2.20. The molecule has 0 aromatic heterocycles. The van der Waals surface area contributed by atoms with Crippen molar-refractivity contribution in [3.05, 3.63) is 29.3 Å². The van der Waals surface area contributed by atoms with Crippen LogP contribution in [0.5, 0.6) is 5.75 Å². The van der Waals surface area contributed by atoms with Crippen molar-refractivity contribution < 1.29 is 5.11 Å². The van der Waals surface area contributed by atoms with Crippen molar-refractivity contribution in [2.24, 2.45) is 11.7 Å². The number of phenolic OH excluding ortho intramolecular Hbond substituents is 1. The topological polar surface area (TPSA) is 46.2 Å². The number of hydrogen-bond donors (Lipinski definition) is 2. The number of aryl methyl sites for hydroxylation is 1. The lowest BCUT2D eigenvalue weighted by Gasteiger charge is -2.19. The molecule has 0 bridgehead atoms. The molecule has 1 rings (SSSR count). The lowest BCUT2D eigenvalue weighted by molar-refractivity contribution is 0.452. The molecule has 0 aliphatic rings. The van der Waals surface area contributed by atoms with Crippen LogP contribution >= 0.6 is 0 Å². The van der Waals surface area contributed by atoms with Crippen LogP contribution in [0.15, 0.2) is 18.2 Å². The maximum atomic E-state index is 9.38. The standard InChI is InChI=1S/C12H19NO/c1-4-8(2)12(13)10-5-6-11(14)9(3)7-10/h5-8,12,14H,4,13H2,1-3H3/t8?,12-/m0/s1. The summed E-state index contributed by atoms with van der Waals surface area (Å²) in [5.41, 5.74) is 8.08. The van der Waals surface area contributed by atoms with E-state index in [9.17, 15) is 5.11 Å². The van der Waals surface area contributed by atoms with E-state index in [-0.39, 0.29) is 6.04 Å². The molecule has 2 nitrogen and oxygen atoms in total. The predicted molar refractivity (Wildman–Crippen MR) is 59.2 cm³/mol. The molecule has 1 unspecified atom stereocenters. The van der Waals surface area contributed by atoms with E-state index in [1.54, 1.807) is 6.07 Å². The molecule has 0 heterocycles. The van der Waals surface area contributed by atoms with Gasteiger partial charge in [0, 0.05) is 6.04 Å². The SMILES string of the molecule is CCC(C)[C@H](N)c1ccc(O)c(C)c1.